The average Bonchev–Trinajstić information content (AvgIpc) is 2.78. The van der Waals surface area contributed by atoms with Gasteiger partial charge in [-0.2, -0.15) is 0 Å². The fourth-order valence-corrected chi connectivity index (χ4v) is 3.55. The average molecular weight is 416 g/mol. The molecule has 4 nitrogen and oxygen atoms in total. The zero-order chi connectivity index (χ0) is 22.4. The number of carbonyl (C=O) groups is 1. The molecule has 0 bridgehead atoms. The van der Waals surface area contributed by atoms with Gasteiger partial charge in [0.2, 0.25) is 0 Å². The van der Waals surface area contributed by atoms with E-state index in [2.05, 4.69) is 67.4 Å². The van der Waals surface area contributed by atoms with Gasteiger partial charge >= 0.3 is 5.97 Å². The molecule has 31 heavy (non-hydrogen) atoms. The number of aromatic nitrogens is 1. The monoisotopic (exact) mass is 415 g/mol. The molecule has 0 aliphatic heterocycles. The van der Waals surface area contributed by atoms with Crippen LogP contribution in [-0.4, -0.2) is 27.8 Å². The van der Waals surface area contributed by atoms with Crippen molar-refractivity contribution in [1.29, 1.82) is 0 Å². The van der Waals surface area contributed by atoms with Gasteiger partial charge in [-0.3, -0.25) is 9.78 Å². The van der Waals surface area contributed by atoms with Gasteiger partial charge in [0.15, 0.2) is 0 Å². The van der Waals surface area contributed by atoms with Crippen molar-refractivity contribution in [2.75, 3.05) is 6.61 Å². The number of aryl methyl sites for hydroxylation is 2. The highest BCUT2D eigenvalue weighted by atomic mass is 16.4. The second-order valence-corrected chi connectivity index (χ2v) is 8.31. The lowest BCUT2D eigenvalue weighted by atomic mass is 9.84. The lowest BCUT2D eigenvalue weighted by Crippen LogP contribution is -2.32. The van der Waals surface area contributed by atoms with Crippen LogP contribution < -0.4 is 0 Å². The van der Waals surface area contributed by atoms with Crippen molar-refractivity contribution in [2.24, 2.45) is 5.41 Å². The Morgan fingerprint density at radius 2 is 1.84 bits per heavy atom. The van der Waals surface area contributed by atoms with Crippen LogP contribution in [-0.2, 0) is 11.2 Å². The van der Waals surface area contributed by atoms with E-state index in [9.17, 15) is 15.0 Å². The summed E-state index contributed by atoms with van der Waals surface area (Å²) in [7, 11) is 0. The first kappa shape index (κ1) is 22.4. The molecule has 0 aliphatic rings. The summed E-state index contributed by atoms with van der Waals surface area (Å²) in [6.45, 7) is 5.40. The number of nitrogens with zero attached hydrogens (tertiary/aromatic N) is 1. The molecule has 0 spiro atoms. The van der Waals surface area contributed by atoms with Gasteiger partial charge in [-0.15, -0.1) is 0 Å². The molecule has 3 rings (SSSR count). The SMILES string of the molecule is Cc1ccc(CCC(C)(CO)C(=O)O)cc1C=Cc1cccc(-c2cccnc2)c1C. The number of carboxylic acids is 1. The molecule has 0 amide bonds. The molecule has 0 saturated carbocycles. The van der Waals surface area contributed by atoms with Crippen molar-refractivity contribution in [2.45, 2.75) is 33.6 Å². The van der Waals surface area contributed by atoms with Crippen LogP contribution in [0.15, 0.2) is 60.9 Å². The van der Waals surface area contributed by atoms with E-state index in [0.717, 1.165) is 33.4 Å². The highest BCUT2D eigenvalue weighted by molar-refractivity contribution is 5.78. The molecule has 0 aliphatic carbocycles. The summed E-state index contributed by atoms with van der Waals surface area (Å²) in [6.07, 6.45) is 8.86. The molecule has 1 atom stereocenters. The van der Waals surface area contributed by atoms with E-state index in [-0.39, 0.29) is 6.61 Å². The molecule has 1 heterocycles. The third kappa shape index (κ3) is 5.28. The summed E-state index contributed by atoms with van der Waals surface area (Å²) >= 11 is 0. The fraction of sp³-hybridized carbons (Fsp3) is 0.259. The summed E-state index contributed by atoms with van der Waals surface area (Å²) in [5.41, 5.74) is 6.80. The largest absolute Gasteiger partial charge is 0.481 e. The Bertz CT molecular complexity index is 1090. The molecule has 1 unspecified atom stereocenters. The Balaban J connectivity index is 1.83. The normalized spacial score (nSPS) is 13.3. The number of aliphatic hydroxyl groups is 1. The lowest BCUT2D eigenvalue weighted by Gasteiger charge is -2.21. The van der Waals surface area contributed by atoms with E-state index in [1.807, 2.05) is 18.3 Å². The van der Waals surface area contributed by atoms with Crippen LogP contribution >= 0.6 is 0 Å². The number of aliphatic hydroxyl groups excluding tert-OH is 1. The molecule has 0 saturated heterocycles. The Hall–Kier alpha value is -3.24. The first-order valence-corrected chi connectivity index (χ1v) is 10.5. The molecule has 0 fully saturated rings. The number of pyridine rings is 1. The molecule has 160 valence electrons. The Morgan fingerprint density at radius 3 is 2.52 bits per heavy atom. The second-order valence-electron chi connectivity index (χ2n) is 8.31. The first-order valence-electron chi connectivity index (χ1n) is 10.5. The summed E-state index contributed by atoms with van der Waals surface area (Å²) < 4.78 is 0. The molecule has 4 heteroatoms. The van der Waals surface area contributed by atoms with Gasteiger partial charge in [-0.1, -0.05) is 54.6 Å². The summed E-state index contributed by atoms with van der Waals surface area (Å²) in [4.78, 5) is 15.7. The summed E-state index contributed by atoms with van der Waals surface area (Å²) in [6, 6.07) is 16.5. The Kier molecular flexibility index (Phi) is 7.03. The fourth-order valence-electron chi connectivity index (χ4n) is 3.55. The van der Waals surface area contributed by atoms with Gasteiger partial charge < -0.3 is 10.2 Å². The van der Waals surface area contributed by atoms with Gasteiger partial charge in [0.1, 0.15) is 0 Å². The minimum absolute atomic E-state index is 0.368. The smallest absolute Gasteiger partial charge is 0.311 e. The van der Waals surface area contributed by atoms with Crippen LogP contribution in [0.4, 0.5) is 0 Å². The predicted molar refractivity (Wildman–Crippen MR) is 126 cm³/mol. The van der Waals surface area contributed by atoms with E-state index in [4.69, 9.17) is 0 Å². The van der Waals surface area contributed by atoms with Crippen LogP contribution in [0.5, 0.6) is 0 Å². The van der Waals surface area contributed by atoms with Crippen LogP contribution in [0.3, 0.4) is 0 Å². The minimum atomic E-state index is -1.12. The van der Waals surface area contributed by atoms with Crippen molar-refractivity contribution in [3.8, 4) is 11.1 Å². The number of carboxylic acid groups (broad SMARTS) is 1. The van der Waals surface area contributed by atoms with Crippen LogP contribution in [0.1, 0.15) is 41.2 Å². The van der Waals surface area contributed by atoms with Gasteiger partial charge in [0.05, 0.1) is 12.0 Å². The van der Waals surface area contributed by atoms with Crippen molar-refractivity contribution in [1.82, 2.24) is 4.98 Å². The highest BCUT2D eigenvalue weighted by Gasteiger charge is 2.31. The number of benzene rings is 2. The van der Waals surface area contributed by atoms with Gasteiger partial charge in [-0.05, 0) is 73.1 Å². The van der Waals surface area contributed by atoms with Gasteiger partial charge in [0, 0.05) is 18.0 Å². The van der Waals surface area contributed by atoms with Crippen molar-refractivity contribution in [3.05, 3.63) is 88.7 Å². The number of aliphatic carboxylic acids is 1. The van der Waals surface area contributed by atoms with E-state index in [1.54, 1.807) is 13.1 Å². The zero-order valence-electron chi connectivity index (χ0n) is 18.3. The topological polar surface area (TPSA) is 70.4 Å². The first-order chi connectivity index (χ1) is 14.8. The maximum atomic E-state index is 11.4. The third-order valence-electron chi connectivity index (χ3n) is 5.97. The van der Waals surface area contributed by atoms with Crippen molar-refractivity contribution in [3.63, 3.8) is 0 Å². The standard InChI is InChI=1S/C27H29NO3/c1-19-9-10-21(13-14-27(3,18-29)26(30)31)16-23(19)12-11-22-6-4-8-25(20(22)2)24-7-5-15-28-17-24/h4-12,15-17,29H,13-14,18H2,1-3H3,(H,30,31). The van der Waals surface area contributed by atoms with Crippen LogP contribution in [0, 0.1) is 19.3 Å². The van der Waals surface area contributed by atoms with Gasteiger partial charge in [0.25, 0.3) is 0 Å². The minimum Gasteiger partial charge on any atom is -0.481 e. The molecule has 1 aromatic heterocycles. The molecule has 0 radical (unpaired) electrons. The van der Waals surface area contributed by atoms with Crippen LogP contribution in [0.25, 0.3) is 23.3 Å². The third-order valence-corrected chi connectivity index (χ3v) is 5.97. The highest BCUT2D eigenvalue weighted by Crippen LogP contribution is 2.27. The number of rotatable bonds is 8. The maximum Gasteiger partial charge on any atom is 0.311 e. The van der Waals surface area contributed by atoms with E-state index >= 15 is 0 Å². The van der Waals surface area contributed by atoms with Gasteiger partial charge in [-0.25, -0.2) is 0 Å². The number of hydrogen-bond donors (Lipinski definition) is 2. The predicted octanol–water partition coefficient (Wildman–Crippen LogP) is 5.55. The van der Waals surface area contributed by atoms with Crippen molar-refractivity contribution >= 4 is 18.1 Å². The maximum absolute atomic E-state index is 11.4. The molecule has 2 N–H and O–H groups in total. The zero-order valence-corrected chi connectivity index (χ0v) is 18.3. The van der Waals surface area contributed by atoms with Crippen LogP contribution in [0.2, 0.25) is 0 Å². The molecule has 2 aromatic carbocycles. The molecular weight excluding hydrogens is 386 g/mol. The Labute approximate surface area is 183 Å². The summed E-state index contributed by atoms with van der Waals surface area (Å²) in [5, 5.41) is 18.9. The van der Waals surface area contributed by atoms with E-state index in [0.29, 0.717) is 12.8 Å². The summed E-state index contributed by atoms with van der Waals surface area (Å²) in [5.74, 6) is -0.966. The molecule has 3 aromatic rings. The van der Waals surface area contributed by atoms with E-state index in [1.165, 1.54) is 5.56 Å². The quantitative estimate of drug-likeness (QED) is 0.473. The Morgan fingerprint density at radius 1 is 1.06 bits per heavy atom. The lowest BCUT2D eigenvalue weighted by molar-refractivity contribution is -0.150. The number of hydrogen-bond acceptors (Lipinski definition) is 3. The van der Waals surface area contributed by atoms with E-state index < -0.39 is 11.4 Å². The molecular formula is C27H29NO3. The van der Waals surface area contributed by atoms with Crippen molar-refractivity contribution < 1.29 is 15.0 Å². The second kappa shape index (κ2) is 9.71.